The summed E-state index contributed by atoms with van der Waals surface area (Å²) < 4.78 is 0.871. The number of carbonyl (C=O) groups is 1. The highest BCUT2D eigenvalue weighted by molar-refractivity contribution is 14.1. The fourth-order valence-electron chi connectivity index (χ4n) is 4.60. The SMILES string of the molecule is Cc1cc(C)c(-c2nnc(I)c3cc(-c4cc(C(=O)NC5CC5)ccc4C)ccc23)c(C)c1. The third-order valence-corrected chi connectivity index (χ3v) is 7.17. The Kier molecular flexibility index (Phi) is 5.69. The number of hydrogen-bond donors (Lipinski definition) is 1. The van der Waals surface area contributed by atoms with Crippen LogP contribution in [0.15, 0.2) is 48.5 Å². The van der Waals surface area contributed by atoms with Crippen LogP contribution >= 0.6 is 22.6 Å². The molecule has 0 aliphatic heterocycles. The summed E-state index contributed by atoms with van der Waals surface area (Å²) in [6.07, 6.45) is 2.16. The van der Waals surface area contributed by atoms with Gasteiger partial charge in [-0.3, -0.25) is 4.79 Å². The lowest BCUT2D eigenvalue weighted by molar-refractivity contribution is 0.0951. The molecule has 1 fully saturated rings. The second-order valence-corrected chi connectivity index (χ2v) is 10.2. The van der Waals surface area contributed by atoms with Gasteiger partial charge in [0.15, 0.2) is 0 Å². The van der Waals surface area contributed by atoms with Crippen LogP contribution in [0, 0.1) is 31.4 Å². The molecule has 1 amide bonds. The molecule has 1 aliphatic rings. The number of benzene rings is 3. The number of amides is 1. The molecule has 3 aromatic carbocycles. The Balaban J connectivity index is 1.63. The second-order valence-electron chi connectivity index (χ2n) is 9.15. The quantitative estimate of drug-likeness (QED) is 0.290. The Morgan fingerprint density at radius 2 is 1.61 bits per heavy atom. The first-order valence-corrected chi connectivity index (χ1v) is 12.4. The van der Waals surface area contributed by atoms with E-state index in [9.17, 15) is 4.79 Å². The maximum absolute atomic E-state index is 12.6. The molecule has 5 rings (SSSR count). The minimum absolute atomic E-state index is 0.00703. The van der Waals surface area contributed by atoms with Crippen LogP contribution in [0.2, 0.25) is 0 Å². The number of halogens is 1. The van der Waals surface area contributed by atoms with Crippen LogP contribution in [0.5, 0.6) is 0 Å². The van der Waals surface area contributed by atoms with Crippen molar-refractivity contribution in [2.45, 2.75) is 46.6 Å². The molecule has 1 saturated carbocycles. The minimum Gasteiger partial charge on any atom is -0.349 e. The Labute approximate surface area is 208 Å². The topological polar surface area (TPSA) is 54.9 Å². The van der Waals surface area contributed by atoms with Crippen molar-refractivity contribution in [3.8, 4) is 22.4 Å². The van der Waals surface area contributed by atoms with Crippen molar-refractivity contribution in [3.05, 3.63) is 80.0 Å². The third-order valence-electron chi connectivity index (χ3n) is 6.37. The number of carbonyl (C=O) groups excluding carboxylic acids is 1. The van der Waals surface area contributed by atoms with Gasteiger partial charge in [-0.15, -0.1) is 10.2 Å². The highest BCUT2D eigenvalue weighted by atomic mass is 127. The van der Waals surface area contributed by atoms with Gasteiger partial charge in [-0.05, 0) is 109 Å². The molecule has 0 saturated heterocycles. The van der Waals surface area contributed by atoms with Crippen LogP contribution in [0.1, 0.15) is 45.5 Å². The van der Waals surface area contributed by atoms with Crippen molar-refractivity contribution in [2.24, 2.45) is 0 Å². The molecular weight excluding hydrogens is 521 g/mol. The van der Waals surface area contributed by atoms with Gasteiger partial charge < -0.3 is 5.32 Å². The monoisotopic (exact) mass is 547 g/mol. The van der Waals surface area contributed by atoms with E-state index < -0.39 is 0 Å². The minimum atomic E-state index is 0.00703. The zero-order valence-corrected chi connectivity index (χ0v) is 21.4. The molecule has 1 aromatic heterocycles. The highest BCUT2D eigenvalue weighted by Gasteiger charge is 2.24. The van der Waals surface area contributed by atoms with Crippen molar-refractivity contribution < 1.29 is 4.79 Å². The molecule has 4 nitrogen and oxygen atoms in total. The number of aryl methyl sites for hydroxylation is 4. The van der Waals surface area contributed by atoms with Crippen molar-refractivity contribution in [1.29, 1.82) is 0 Å². The van der Waals surface area contributed by atoms with Crippen LogP contribution in [0.3, 0.4) is 0 Å². The van der Waals surface area contributed by atoms with E-state index in [4.69, 9.17) is 0 Å². The Morgan fingerprint density at radius 3 is 2.30 bits per heavy atom. The molecule has 0 atom stereocenters. The normalized spacial score (nSPS) is 13.4. The van der Waals surface area contributed by atoms with E-state index in [0.717, 1.165) is 55.3 Å². The average Bonchev–Trinajstić information content (AvgIpc) is 3.59. The van der Waals surface area contributed by atoms with Gasteiger partial charge in [-0.1, -0.05) is 35.9 Å². The number of aromatic nitrogens is 2. The molecule has 0 unspecified atom stereocenters. The van der Waals surface area contributed by atoms with Gasteiger partial charge in [-0.2, -0.15) is 0 Å². The molecule has 0 bridgehead atoms. The molecule has 1 N–H and O–H groups in total. The van der Waals surface area contributed by atoms with Crippen LogP contribution < -0.4 is 5.32 Å². The molecule has 0 radical (unpaired) electrons. The molecule has 1 aliphatic carbocycles. The van der Waals surface area contributed by atoms with Gasteiger partial charge >= 0.3 is 0 Å². The maximum atomic E-state index is 12.6. The van der Waals surface area contributed by atoms with E-state index in [0.29, 0.717) is 11.6 Å². The lowest BCUT2D eigenvalue weighted by Gasteiger charge is -2.15. The van der Waals surface area contributed by atoms with E-state index in [1.54, 1.807) is 0 Å². The summed E-state index contributed by atoms with van der Waals surface area (Å²) in [6, 6.07) is 17.1. The predicted octanol–water partition coefficient (Wildman–Crippen LogP) is 6.69. The summed E-state index contributed by atoms with van der Waals surface area (Å²) in [5.41, 5.74) is 9.72. The predicted molar refractivity (Wildman–Crippen MR) is 143 cm³/mol. The highest BCUT2D eigenvalue weighted by Crippen LogP contribution is 2.36. The van der Waals surface area contributed by atoms with Crippen LogP contribution in [-0.2, 0) is 0 Å². The van der Waals surface area contributed by atoms with E-state index in [-0.39, 0.29) is 5.91 Å². The van der Waals surface area contributed by atoms with Crippen LogP contribution in [0.4, 0.5) is 0 Å². The lowest BCUT2D eigenvalue weighted by atomic mass is 9.92. The summed E-state index contributed by atoms with van der Waals surface area (Å²) in [4.78, 5) is 12.6. The number of rotatable bonds is 4. The Bertz CT molecular complexity index is 1400. The molecule has 0 spiro atoms. The number of hydrogen-bond acceptors (Lipinski definition) is 3. The maximum Gasteiger partial charge on any atom is 0.251 e. The van der Waals surface area contributed by atoms with Gasteiger partial charge in [0.2, 0.25) is 0 Å². The van der Waals surface area contributed by atoms with Gasteiger partial charge in [0.1, 0.15) is 9.39 Å². The van der Waals surface area contributed by atoms with Crippen molar-refractivity contribution >= 4 is 39.3 Å². The number of nitrogens with zero attached hydrogens (tertiary/aromatic N) is 2. The molecule has 166 valence electrons. The van der Waals surface area contributed by atoms with Crippen LogP contribution in [-0.4, -0.2) is 22.1 Å². The van der Waals surface area contributed by atoms with Gasteiger partial charge in [-0.25, -0.2) is 0 Å². The van der Waals surface area contributed by atoms with Gasteiger partial charge in [0.25, 0.3) is 5.91 Å². The van der Waals surface area contributed by atoms with E-state index in [1.165, 1.54) is 16.7 Å². The Hall–Kier alpha value is -2.80. The van der Waals surface area contributed by atoms with E-state index in [2.05, 4.69) is 96.1 Å². The summed E-state index contributed by atoms with van der Waals surface area (Å²) >= 11 is 2.26. The zero-order valence-electron chi connectivity index (χ0n) is 19.3. The van der Waals surface area contributed by atoms with Gasteiger partial charge in [0, 0.05) is 27.9 Å². The van der Waals surface area contributed by atoms with E-state index in [1.807, 2.05) is 18.2 Å². The molecular formula is C28H26IN3O. The largest absolute Gasteiger partial charge is 0.349 e. The van der Waals surface area contributed by atoms with Crippen molar-refractivity contribution in [3.63, 3.8) is 0 Å². The summed E-state index contributed by atoms with van der Waals surface area (Å²) in [5, 5.41) is 14.4. The third kappa shape index (κ3) is 4.26. The molecule has 4 aromatic rings. The zero-order chi connectivity index (χ0) is 23.3. The first-order valence-electron chi connectivity index (χ1n) is 11.3. The first kappa shape index (κ1) is 22.0. The summed E-state index contributed by atoms with van der Waals surface area (Å²) in [5.74, 6) is 0.00703. The standard InChI is InChI=1S/C28H26IN3O/c1-15-11-17(3)25(18(4)12-15)26-22-10-7-19(13-24(22)27(29)32-31-26)23-14-20(6-5-16(23)2)28(33)30-21-8-9-21/h5-7,10-14,21H,8-9H2,1-4H3,(H,30,33). The smallest absolute Gasteiger partial charge is 0.251 e. The fraction of sp³-hybridized carbons (Fsp3) is 0.250. The van der Waals surface area contributed by atoms with Crippen molar-refractivity contribution in [1.82, 2.24) is 15.5 Å². The van der Waals surface area contributed by atoms with E-state index >= 15 is 0 Å². The molecule has 1 heterocycles. The summed E-state index contributed by atoms with van der Waals surface area (Å²) in [6.45, 7) is 8.48. The van der Waals surface area contributed by atoms with Crippen molar-refractivity contribution in [2.75, 3.05) is 0 Å². The fourth-order valence-corrected chi connectivity index (χ4v) is 5.15. The average molecular weight is 547 g/mol. The number of nitrogens with one attached hydrogen (secondary N) is 1. The molecule has 5 heteroatoms. The lowest BCUT2D eigenvalue weighted by Crippen LogP contribution is -2.25. The van der Waals surface area contributed by atoms with Gasteiger partial charge in [0.05, 0.1) is 0 Å². The summed E-state index contributed by atoms with van der Waals surface area (Å²) in [7, 11) is 0. The second kappa shape index (κ2) is 8.52. The van der Waals surface area contributed by atoms with Crippen LogP contribution in [0.25, 0.3) is 33.2 Å². The first-order chi connectivity index (χ1) is 15.8. The number of fused-ring (bicyclic) bond motifs is 1. The molecule has 33 heavy (non-hydrogen) atoms. The Morgan fingerprint density at radius 1 is 0.879 bits per heavy atom.